The van der Waals surface area contributed by atoms with Crippen molar-refractivity contribution in [3.8, 4) is 5.75 Å². The van der Waals surface area contributed by atoms with Gasteiger partial charge >= 0.3 is 0 Å². The highest BCUT2D eigenvalue weighted by molar-refractivity contribution is 5.78. The summed E-state index contributed by atoms with van der Waals surface area (Å²) in [5.41, 5.74) is 1.85. The van der Waals surface area contributed by atoms with Gasteiger partial charge in [0.15, 0.2) is 0 Å². The van der Waals surface area contributed by atoms with E-state index in [2.05, 4.69) is 15.3 Å². The van der Waals surface area contributed by atoms with Crippen LogP contribution in [0.5, 0.6) is 5.75 Å². The van der Waals surface area contributed by atoms with E-state index < -0.39 is 0 Å². The molecule has 0 radical (unpaired) electrons. The Hall–Kier alpha value is -2.66. The molecule has 1 atom stereocenters. The van der Waals surface area contributed by atoms with Crippen LogP contribution in [-0.4, -0.2) is 29.3 Å². The lowest BCUT2D eigenvalue weighted by molar-refractivity contribution is 0.141. The van der Waals surface area contributed by atoms with Crippen LogP contribution >= 0.6 is 0 Å². The standard InChI is InChI=1S/C18H17N3O2/c1-2-4-17-13(3-1)11-19-18(21-17)20-14-5-7-15(8-6-14)23-16-9-10-22-12-16/h1-8,11,16H,9-10,12H2,(H,19,20,21). The second-order valence-electron chi connectivity index (χ2n) is 5.51. The van der Waals surface area contributed by atoms with E-state index in [9.17, 15) is 0 Å². The van der Waals surface area contributed by atoms with Crippen molar-refractivity contribution in [1.29, 1.82) is 0 Å². The van der Waals surface area contributed by atoms with Gasteiger partial charge < -0.3 is 14.8 Å². The number of benzene rings is 2. The first-order valence-electron chi connectivity index (χ1n) is 7.70. The number of para-hydroxylation sites is 1. The van der Waals surface area contributed by atoms with Gasteiger partial charge in [-0.05, 0) is 30.3 Å². The number of nitrogens with one attached hydrogen (secondary N) is 1. The van der Waals surface area contributed by atoms with Crippen LogP contribution in [0.25, 0.3) is 10.9 Å². The molecule has 5 heteroatoms. The van der Waals surface area contributed by atoms with E-state index >= 15 is 0 Å². The van der Waals surface area contributed by atoms with Crippen molar-refractivity contribution in [3.63, 3.8) is 0 Å². The van der Waals surface area contributed by atoms with Gasteiger partial charge in [-0.2, -0.15) is 0 Å². The summed E-state index contributed by atoms with van der Waals surface area (Å²) in [5.74, 6) is 1.44. The fraction of sp³-hybridized carbons (Fsp3) is 0.222. The quantitative estimate of drug-likeness (QED) is 0.799. The highest BCUT2D eigenvalue weighted by atomic mass is 16.5. The third kappa shape index (κ3) is 3.24. The van der Waals surface area contributed by atoms with Crippen LogP contribution in [0.1, 0.15) is 6.42 Å². The summed E-state index contributed by atoms with van der Waals surface area (Å²) in [6, 6.07) is 15.7. The summed E-state index contributed by atoms with van der Waals surface area (Å²) in [7, 11) is 0. The fourth-order valence-electron chi connectivity index (χ4n) is 2.58. The Balaban J connectivity index is 1.46. The normalized spacial score (nSPS) is 17.3. The highest BCUT2D eigenvalue weighted by Gasteiger charge is 2.16. The van der Waals surface area contributed by atoms with Crippen LogP contribution in [0.15, 0.2) is 54.7 Å². The van der Waals surface area contributed by atoms with E-state index in [4.69, 9.17) is 9.47 Å². The van der Waals surface area contributed by atoms with E-state index in [0.29, 0.717) is 12.6 Å². The largest absolute Gasteiger partial charge is 0.488 e. The third-order valence-corrected chi connectivity index (χ3v) is 3.79. The predicted octanol–water partition coefficient (Wildman–Crippen LogP) is 3.54. The molecule has 1 aliphatic heterocycles. The average molecular weight is 307 g/mol. The molecule has 0 aliphatic carbocycles. The average Bonchev–Trinajstić information content (AvgIpc) is 3.10. The molecule has 23 heavy (non-hydrogen) atoms. The maximum atomic E-state index is 5.85. The molecule has 116 valence electrons. The van der Waals surface area contributed by atoms with Crippen LogP contribution in [0, 0.1) is 0 Å². The number of fused-ring (bicyclic) bond motifs is 1. The third-order valence-electron chi connectivity index (χ3n) is 3.79. The van der Waals surface area contributed by atoms with E-state index in [-0.39, 0.29) is 6.10 Å². The molecule has 3 aromatic rings. The summed E-state index contributed by atoms with van der Waals surface area (Å²) in [5, 5.41) is 4.24. The minimum absolute atomic E-state index is 0.164. The topological polar surface area (TPSA) is 56.3 Å². The molecule has 0 amide bonds. The van der Waals surface area contributed by atoms with Crippen molar-refractivity contribution in [2.24, 2.45) is 0 Å². The molecule has 0 bridgehead atoms. The first kappa shape index (κ1) is 14.0. The zero-order valence-corrected chi connectivity index (χ0v) is 12.6. The molecule has 5 nitrogen and oxygen atoms in total. The highest BCUT2D eigenvalue weighted by Crippen LogP contribution is 2.21. The van der Waals surface area contributed by atoms with Crippen LogP contribution in [-0.2, 0) is 4.74 Å². The van der Waals surface area contributed by atoms with Gasteiger partial charge in [0.2, 0.25) is 5.95 Å². The number of hydrogen-bond acceptors (Lipinski definition) is 5. The Morgan fingerprint density at radius 1 is 1.09 bits per heavy atom. The Morgan fingerprint density at radius 2 is 1.96 bits per heavy atom. The second-order valence-corrected chi connectivity index (χ2v) is 5.51. The maximum Gasteiger partial charge on any atom is 0.227 e. The van der Waals surface area contributed by atoms with Gasteiger partial charge in [-0.25, -0.2) is 9.97 Å². The van der Waals surface area contributed by atoms with E-state index in [1.54, 1.807) is 0 Å². The van der Waals surface area contributed by atoms with Crippen molar-refractivity contribution >= 4 is 22.5 Å². The molecule has 0 spiro atoms. The lowest BCUT2D eigenvalue weighted by Crippen LogP contribution is -2.15. The molecule has 1 aromatic heterocycles. The van der Waals surface area contributed by atoms with Gasteiger partial charge in [-0.3, -0.25) is 0 Å². The monoisotopic (exact) mass is 307 g/mol. The van der Waals surface area contributed by atoms with Crippen molar-refractivity contribution in [2.75, 3.05) is 18.5 Å². The zero-order chi connectivity index (χ0) is 15.5. The minimum atomic E-state index is 0.164. The number of anilines is 2. The van der Waals surface area contributed by atoms with Crippen molar-refractivity contribution in [2.45, 2.75) is 12.5 Å². The smallest absolute Gasteiger partial charge is 0.227 e. The number of hydrogen-bond donors (Lipinski definition) is 1. The van der Waals surface area contributed by atoms with E-state index in [1.807, 2.05) is 54.7 Å². The lowest BCUT2D eigenvalue weighted by atomic mass is 10.2. The van der Waals surface area contributed by atoms with E-state index in [0.717, 1.165) is 35.4 Å². The molecule has 1 saturated heterocycles. The van der Waals surface area contributed by atoms with Crippen LogP contribution in [0.3, 0.4) is 0 Å². The number of aromatic nitrogens is 2. The summed E-state index contributed by atoms with van der Waals surface area (Å²) < 4.78 is 11.2. The Bertz CT molecular complexity index is 799. The molecular weight excluding hydrogens is 290 g/mol. The second kappa shape index (κ2) is 6.22. The minimum Gasteiger partial charge on any atom is -0.488 e. The van der Waals surface area contributed by atoms with Gasteiger partial charge in [0.25, 0.3) is 0 Å². The Morgan fingerprint density at radius 3 is 2.78 bits per heavy atom. The summed E-state index contributed by atoms with van der Waals surface area (Å²) >= 11 is 0. The lowest BCUT2D eigenvalue weighted by Gasteiger charge is -2.12. The SMILES string of the molecule is c1ccc2nc(Nc3ccc(OC4CCOC4)cc3)ncc2c1. The maximum absolute atomic E-state index is 5.85. The molecule has 2 aromatic carbocycles. The molecule has 0 saturated carbocycles. The first-order valence-corrected chi connectivity index (χ1v) is 7.70. The van der Waals surface area contributed by atoms with E-state index in [1.165, 1.54) is 0 Å². The number of rotatable bonds is 4. The molecule has 1 N–H and O–H groups in total. The van der Waals surface area contributed by atoms with Crippen LogP contribution in [0.2, 0.25) is 0 Å². The van der Waals surface area contributed by atoms with Gasteiger partial charge in [0.1, 0.15) is 11.9 Å². The Labute approximate surface area is 134 Å². The predicted molar refractivity (Wildman–Crippen MR) is 89.1 cm³/mol. The first-order chi connectivity index (χ1) is 11.4. The van der Waals surface area contributed by atoms with Gasteiger partial charge in [0.05, 0.1) is 18.7 Å². The number of ether oxygens (including phenoxy) is 2. The molecular formula is C18H17N3O2. The Kier molecular flexibility index (Phi) is 3.78. The summed E-state index contributed by atoms with van der Waals surface area (Å²) in [6.07, 6.45) is 2.94. The van der Waals surface area contributed by atoms with Crippen LogP contribution in [0.4, 0.5) is 11.6 Å². The fourth-order valence-corrected chi connectivity index (χ4v) is 2.58. The van der Waals surface area contributed by atoms with Crippen molar-refractivity contribution < 1.29 is 9.47 Å². The van der Waals surface area contributed by atoms with Gasteiger partial charge in [-0.1, -0.05) is 18.2 Å². The van der Waals surface area contributed by atoms with Crippen LogP contribution < -0.4 is 10.1 Å². The molecule has 1 unspecified atom stereocenters. The molecule has 1 aliphatic rings. The zero-order valence-electron chi connectivity index (χ0n) is 12.6. The number of nitrogens with zero attached hydrogens (tertiary/aromatic N) is 2. The summed E-state index contributed by atoms with van der Waals surface area (Å²) in [6.45, 7) is 1.45. The van der Waals surface area contributed by atoms with Crippen molar-refractivity contribution in [3.05, 3.63) is 54.7 Å². The molecule has 4 rings (SSSR count). The molecule has 1 fully saturated rings. The van der Waals surface area contributed by atoms with Crippen molar-refractivity contribution in [1.82, 2.24) is 9.97 Å². The molecule has 2 heterocycles. The van der Waals surface area contributed by atoms with Gasteiger partial charge in [-0.15, -0.1) is 0 Å². The summed E-state index contributed by atoms with van der Waals surface area (Å²) in [4.78, 5) is 8.84. The van der Waals surface area contributed by atoms with Gasteiger partial charge in [0, 0.05) is 23.7 Å².